The van der Waals surface area contributed by atoms with Crippen LogP contribution >= 0.6 is 0 Å². The van der Waals surface area contributed by atoms with Crippen LogP contribution in [0.2, 0.25) is 0 Å². The Bertz CT molecular complexity index is 294. The van der Waals surface area contributed by atoms with Crippen molar-refractivity contribution in [2.24, 2.45) is 0 Å². The third kappa shape index (κ3) is 3.26. The van der Waals surface area contributed by atoms with E-state index < -0.39 is 0 Å². The maximum Gasteiger partial charge on any atom is 0.0342 e. The Labute approximate surface area is 99.3 Å². The van der Waals surface area contributed by atoms with Crippen molar-refractivity contribution in [2.75, 3.05) is 5.32 Å². The Balaban J connectivity index is 1.91. The van der Waals surface area contributed by atoms with E-state index in [-0.39, 0.29) is 0 Å². The molecular weight excluding hydrogens is 194 g/mol. The number of hydrogen-bond donors (Lipinski definition) is 1. The van der Waals surface area contributed by atoms with Gasteiger partial charge in [-0.3, -0.25) is 0 Å². The van der Waals surface area contributed by atoms with Gasteiger partial charge in [-0.05, 0) is 37.0 Å². The third-order valence-corrected chi connectivity index (χ3v) is 3.59. The Hall–Kier alpha value is -0.980. The molecule has 0 aliphatic heterocycles. The molecular formula is C15H23N. The average molecular weight is 217 g/mol. The van der Waals surface area contributed by atoms with Crippen LogP contribution in [0.15, 0.2) is 24.3 Å². The van der Waals surface area contributed by atoms with Crippen LogP contribution in [0.4, 0.5) is 5.69 Å². The minimum absolute atomic E-state index is 0.704. The Kier molecular flexibility index (Phi) is 4.26. The summed E-state index contributed by atoms with van der Waals surface area (Å²) in [5.74, 6) is 0. The van der Waals surface area contributed by atoms with Gasteiger partial charge in [-0.1, -0.05) is 44.7 Å². The number of benzene rings is 1. The smallest absolute Gasteiger partial charge is 0.0342 e. The van der Waals surface area contributed by atoms with Crippen LogP contribution < -0.4 is 5.32 Å². The molecule has 88 valence electrons. The number of aryl methyl sites for hydroxylation is 1. The number of rotatable bonds is 3. The van der Waals surface area contributed by atoms with Crippen LogP contribution in [0.25, 0.3) is 0 Å². The highest BCUT2D eigenvalue weighted by Gasteiger charge is 2.11. The van der Waals surface area contributed by atoms with Gasteiger partial charge in [0.2, 0.25) is 0 Å². The third-order valence-electron chi connectivity index (χ3n) is 3.59. The summed E-state index contributed by atoms with van der Waals surface area (Å²) in [4.78, 5) is 0. The standard InChI is InChI=1S/C15H23N/c1-2-13-9-11-15(12-10-13)16-14-7-5-3-4-6-8-14/h9-12,14,16H,2-8H2,1H3. The van der Waals surface area contributed by atoms with Crippen LogP contribution in [-0.2, 0) is 6.42 Å². The topological polar surface area (TPSA) is 12.0 Å². The first-order valence-corrected chi connectivity index (χ1v) is 6.74. The zero-order valence-electron chi connectivity index (χ0n) is 10.3. The van der Waals surface area contributed by atoms with Gasteiger partial charge in [-0.15, -0.1) is 0 Å². The second kappa shape index (κ2) is 5.93. The normalized spacial score (nSPS) is 18.1. The lowest BCUT2D eigenvalue weighted by molar-refractivity contribution is 0.620. The van der Waals surface area contributed by atoms with E-state index in [0.29, 0.717) is 6.04 Å². The largest absolute Gasteiger partial charge is 0.382 e. The van der Waals surface area contributed by atoms with Crippen molar-refractivity contribution >= 4 is 5.69 Å². The lowest BCUT2D eigenvalue weighted by Gasteiger charge is -2.17. The molecule has 1 aromatic rings. The van der Waals surface area contributed by atoms with Crippen LogP contribution in [0.1, 0.15) is 51.0 Å². The van der Waals surface area contributed by atoms with Gasteiger partial charge in [-0.25, -0.2) is 0 Å². The van der Waals surface area contributed by atoms with Gasteiger partial charge in [0.05, 0.1) is 0 Å². The van der Waals surface area contributed by atoms with Gasteiger partial charge in [0.25, 0.3) is 0 Å². The summed E-state index contributed by atoms with van der Waals surface area (Å²) in [6.45, 7) is 2.20. The Morgan fingerprint density at radius 3 is 2.19 bits per heavy atom. The summed E-state index contributed by atoms with van der Waals surface area (Å²) < 4.78 is 0. The number of nitrogens with one attached hydrogen (secondary N) is 1. The molecule has 1 fully saturated rings. The lowest BCUT2D eigenvalue weighted by Crippen LogP contribution is -2.18. The van der Waals surface area contributed by atoms with Crippen molar-refractivity contribution in [3.8, 4) is 0 Å². The summed E-state index contributed by atoms with van der Waals surface area (Å²) in [5.41, 5.74) is 2.72. The zero-order chi connectivity index (χ0) is 11.2. The van der Waals surface area contributed by atoms with Crippen molar-refractivity contribution in [3.63, 3.8) is 0 Å². The fraction of sp³-hybridized carbons (Fsp3) is 0.600. The molecule has 1 saturated carbocycles. The summed E-state index contributed by atoms with van der Waals surface area (Å²) in [5, 5.41) is 3.67. The highest BCUT2D eigenvalue weighted by atomic mass is 14.9. The summed E-state index contributed by atoms with van der Waals surface area (Å²) in [6, 6.07) is 9.63. The maximum absolute atomic E-state index is 3.67. The first-order chi connectivity index (χ1) is 7.88. The molecule has 0 bridgehead atoms. The molecule has 1 N–H and O–H groups in total. The fourth-order valence-electron chi connectivity index (χ4n) is 2.50. The van der Waals surface area contributed by atoms with Crippen LogP contribution in [0.5, 0.6) is 0 Å². The van der Waals surface area contributed by atoms with Crippen LogP contribution in [0.3, 0.4) is 0 Å². The van der Waals surface area contributed by atoms with E-state index in [2.05, 4.69) is 36.5 Å². The molecule has 0 amide bonds. The van der Waals surface area contributed by atoms with Gasteiger partial charge in [-0.2, -0.15) is 0 Å². The first kappa shape index (κ1) is 11.5. The highest BCUT2D eigenvalue weighted by Crippen LogP contribution is 2.21. The SMILES string of the molecule is CCc1ccc(NC2CCCCCC2)cc1. The second-order valence-corrected chi connectivity index (χ2v) is 4.88. The number of hydrogen-bond acceptors (Lipinski definition) is 1. The predicted octanol–water partition coefficient (Wildman–Crippen LogP) is 4.38. The molecule has 1 aliphatic rings. The van der Waals surface area contributed by atoms with Gasteiger partial charge in [0.15, 0.2) is 0 Å². The molecule has 0 atom stereocenters. The Morgan fingerprint density at radius 1 is 1.00 bits per heavy atom. The van der Waals surface area contributed by atoms with Crippen molar-refractivity contribution < 1.29 is 0 Å². The van der Waals surface area contributed by atoms with E-state index in [0.717, 1.165) is 6.42 Å². The van der Waals surface area contributed by atoms with E-state index in [1.54, 1.807) is 0 Å². The van der Waals surface area contributed by atoms with E-state index in [9.17, 15) is 0 Å². The molecule has 0 saturated heterocycles. The van der Waals surface area contributed by atoms with Crippen LogP contribution in [-0.4, -0.2) is 6.04 Å². The summed E-state index contributed by atoms with van der Waals surface area (Å²) in [6.07, 6.45) is 9.45. The maximum atomic E-state index is 3.67. The zero-order valence-corrected chi connectivity index (χ0v) is 10.3. The van der Waals surface area contributed by atoms with E-state index in [1.165, 1.54) is 49.8 Å². The fourth-order valence-corrected chi connectivity index (χ4v) is 2.50. The molecule has 0 aromatic heterocycles. The molecule has 1 heteroatoms. The molecule has 0 unspecified atom stereocenters. The van der Waals surface area contributed by atoms with Crippen molar-refractivity contribution in [1.82, 2.24) is 0 Å². The summed E-state index contributed by atoms with van der Waals surface area (Å²) >= 11 is 0. The highest BCUT2D eigenvalue weighted by molar-refractivity contribution is 5.45. The molecule has 2 rings (SSSR count). The number of anilines is 1. The summed E-state index contributed by atoms with van der Waals surface area (Å²) in [7, 11) is 0. The van der Waals surface area contributed by atoms with Gasteiger partial charge in [0.1, 0.15) is 0 Å². The molecule has 1 aromatic carbocycles. The van der Waals surface area contributed by atoms with Crippen molar-refractivity contribution in [1.29, 1.82) is 0 Å². The van der Waals surface area contributed by atoms with E-state index >= 15 is 0 Å². The van der Waals surface area contributed by atoms with Crippen molar-refractivity contribution in [2.45, 2.75) is 57.9 Å². The van der Waals surface area contributed by atoms with Crippen molar-refractivity contribution in [3.05, 3.63) is 29.8 Å². The Morgan fingerprint density at radius 2 is 1.62 bits per heavy atom. The van der Waals surface area contributed by atoms with E-state index in [4.69, 9.17) is 0 Å². The first-order valence-electron chi connectivity index (χ1n) is 6.74. The van der Waals surface area contributed by atoms with E-state index in [1.807, 2.05) is 0 Å². The van der Waals surface area contributed by atoms with Gasteiger partial charge < -0.3 is 5.32 Å². The molecule has 1 aliphatic carbocycles. The molecule has 0 radical (unpaired) electrons. The van der Waals surface area contributed by atoms with Crippen LogP contribution in [0, 0.1) is 0 Å². The lowest BCUT2D eigenvalue weighted by atomic mass is 10.1. The molecule has 0 spiro atoms. The average Bonchev–Trinajstić information content (AvgIpc) is 2.59. The second-order valence-electron chi connectivity index (χ2n) is 4.88. The van der Waals surface area contributed by atoms with Gasteiger partial charge in [0, 0.05) is 11.7 Å². The molecule has 1 nitrogen and oxygen atoms in total. The predicted molar refractivity (Wildman–Crippen MR) is 70.9 cm³/mol. The monoisotopic (exact) mass is 217 g/mol. The van der Waals surface area contributed by atoms with Gasteiger partial charge >= 0.3 is 0 Å². The quantitative estimate of drug-likeness (QED) is 0.741. The molecule has 0 heterocycles. The molecule has 16 heavy (non-hydrogen) atoms. The minimum Gasteiger partial charge on any atom is -0.382 e. The minimum atomic E-state index is 0.704.